The lowest BCUT2D eigenvalue weighted by atomic mass is 9.94. The average Bonchev–Trinajstić information content (AvgIpc) is 3.43. The van der Waals surface area contributed by atoms with E-state index in [-0.39, 0.29) is 24.3 Å². The zero-order valence-corrected chi connectivity index (χ0v) is 21.1. The number of benzene rings is 1. The molecule has 2 aromatic heterocycles. The Kier molecular flexibility index (Phi) is 7.62. The Balaban J connectivity index is 1.47. The molecule has 35 heavy (non-hydrogen) atoms. The first kappa shape index (κ1) is 25.4. The fourth-order valence-corrected chi connectivity index (χ4v) is 5.67. The number of aliphatic hydroxyl groups excluding tert-OH is 1. The van der Waals surface area contributed by atoms with Gasteiger partial charge in [-0.25, -0.2) is 15.1 Å². The molecule has 0 amide bonds. The molecule has 0 aliphatic heterocycles. The molecule has 0 spiro atoms. The van der Waals surface area contributed by atoms with Crippen LogP contribution < -0.4 is 10.5 Å². The van der Waals surface area contributed by atoms with Crippen LogP contribution in [0.4, 0.5) is 5.82 Å². The third-order valence-electron chi connectivity index (χ3n) is 6.29. The molecule has 1 aromatic carbocycles. The van der Waals surface area contributed by atoms with Crippen molar-refractivity contribution >= 4 is 33.2 Å². The van der Waals surface area contributed by atoms with Gasteiger partial charge in [0, 0.05) is 24.1 Å². The number of ketones is 1. The lowest BCUT2D eigenvalue weighted by Gasteiger charge is -2.15. The van der Waals surface area contributed by atoms with Crippen molar-refractivity contribution in [2.75, 3.05) is 11.9 Å². The molecular weight excluding hydrogens is 488 g/mol. The normalized spacial score (nSPS) is 21.1. The van der Waals surface area contributed by atoms with Crippen molar-refractivity contribution in [3.05, 3.63) is 75.4 Å². The Morgan fingerprint density at radius 2 is 2.11 bits per heavy atom. The SMILES string of the molecule is Cc1cccc(C(C)c2csc(C(=O)c3cncnc3N[C@@H]3C[C@H](COS(N)(=O)=O)[C@@H](O)C3)c2)c1. The minimum atomic E-state index is -4.08. The highest BCUT2D eigenvalue weighted by molar-refractivity contribution is 7.84. The van der Waals surface area contributed by atoms with E-state index in [1.54, 1.807) is 0 Å². The molecule has 4 N–H and O–H groups in total. The van der Waals surface area contributed by atoms with Crippen LogP contribution >= 0.6 is 11.3 Å². The second-order valence-corrected chi connectivity index (χ2v) is 11.0. The zero-order chi connectivity index (χ0) is 25.2. The zero-order valence-electron chi connectivity index (χ0n) is 19.4. The van der Waals surface area contributed by atoms with Crippen molar-refractivity contribution in [2.24, 2.45) is 11.1 Å². The van der Waals surface area contributed by atoms with E-state index in [4.69, 9.17) is 5.14 Å². The Morgan fingerprint density at radius 1 is 1.31 bits per heavy atom. The molecule has 3 aromatic rings. The summed E-state index contributed by atoms with van der Waals surface area (Å²) >= 11 is 1.38. The minimum Gasteiger partial charge on any atom is -0.393 e. The number of aryl methyl sites for hydroxylation is 1. The molecule has 1 fully saturated rings. The predicted molar refractivity (Wildman–Crippen MR) is 134 cm³/mol. The summed E-state index contributed by atoms with van der Waals surface area (Å²) < 4.78 is 26.8. The van der Waals surface area contributed by atoms with Gasteiger partial charge < -0.3 is 10.4 Å². The number of carbonyl (C=O) groups excluding carboxylic acids is 1. The van der Waals surface area contributed by atoms with Gasteiger partial charge in [-0.1, -0.05) is 36.8 Å². The second kappa shape index (κ2) is 10.5. The average molecular weight is 517 g/mol. The first-order valence-corrected chi connectivity index (χ1v) is 13.6. The van der Waals surface area contributed by atoms with Crippen molar-refractivity contribution < 1.29 is 22.5 Å². The molecule has 9 nitrogen and oxygen atoms in total. The maximum Gasteiger partial charge on any atom is 0.333 e. The number of thiophene rings is 1. The van der Waals surface area contributed by atoms with Crippen molar-refractivity contribution in [2.45, 2.75) is 44.8 Å². The highest BCUT2D eigenvalue weighted by Gasteiger charge is 2.34. The predicted octanol–water partition coefficient (Wildman–Crippen LogP) is 3.00. The van der Waals surface area contributed by atoms with Crippen LogP contribution in [-0.4, -0.2) is 48.0 Å². The molecule has 11 heteroatoms. The lowest BCUT2D eigenvalue weighted by Crippen LogP contribution is -2.24. The second-order valence-electron chi connectivity index (χ2n) is 8.91. The first-order chi connectivity index (χ1) is 16.6. The largest absolute Gasteiger partial charge is 0.393 e. The summed E-state index contributed by atoms with van der Waals surface area (Å²) in [7, 11) is -4.08. The van der Waals surface area contributed by atoms with Gasteiger partial charge in [0.1, 0.15) is 12.1 Å². The summed E-state index contributed by atoms with van der Waals surface area (Å²) in [4.78, 5) is 22.2. The molecule has 186 valence electrons. The van der Waals surface area contributed by atoms with Crippen LogP contribution in [0.1, 0.15) is 57.6 Å². The van der Waals surface area contributed by atoms with Gasteiger partial charge in [-0.05, 0) is 42.3 Å². The molecule has 1 aliphatic carbocycles. The molecular formula is C24H28N4O5S2. The maximum atomic E-state index is 13.3. The van der Waals surface area contributed by atoms with E-state index in [1.807, 2.05) is 17.5 Å². The van der Waals surface area contributed by atoms with Crippen LogP contribution in [0, 0.1) is 12.8 Å². The summed E-state index contributed by atoms with van der Waals surface area (Å²) in [6.45, 7) is 3.97. The molecule has 0 bridgehead atoms. The number of hydrogen-bond donors (Lipinski definition) is 3. The summed E-state index contributed by atoms with van der Waals surface area (Å²) in [6.07, 6.45) is 2.86. The number of nitrogens with two attached hydrogens (primary N) is 1. The molecule has 1 unspecified atom stereocenters. The van der Waals surface area contributed by atoms with Gasteiger partial charge in [0.2, 0.25) is 5.78 Å². The van der Waals surface area contributed by atoms with E-state index < -0.39 is 22.3 Å². The molecule has 4 atom stereocenters. The van der Waals surface area contributed by atoms with Gasteiger partial charge in [-0.3, -0.25) is 8.98 Å². The standard InChI is InChI=1S/C24H28N4O5S2/c1-14-4-3-5-16(6-14)15(2)18-8-22(34-12-18)23(30)20-10-26-13-27-24(20)28-19-7-17(21(29)9-19)11-33-35(25,31)32/h3-6,8,10,12-13,15,17,19,21,29H,7,9,11H2,1-2H3,(H2,25,31,32)(H,26,27,28)/t15?,17-,19-,21+/m1/s1. The number of nitrogens with one attached hydrogen (secondary N) is 1. The van der Waals surface area contributed by atoms with E-state index in [2.05, 4.69) is 51.5 Å². The smallest absolute Gasteiger partial charge is 0.333 e. The molecule has 0 radical (unpaired) electrons. The number of nitrogens with zero attached hydrogens (tertiary/aromatic N) is 2. The Bertz CT molecular complexity index is 1310. The van der Waals surface area contributed by atoms with E-state index in [0.29, 0.717) is 29.1 Å². The number of hydrogen-bond acceptors (Lipinski definition) is 9. The monoisotopic (exact) mass is 516 g/mol. The highest BCUT2D eigenvalue weighted by Crippen LogP contribution is 2.32. The number of aromatic nitrogens is 2. The number of aliphatic hydroxyl groups is 1. The van der Waals surface area contributed by atoms with Gasteiger partial charge >= 0.3 is 10.3 Å². The van der Waals surface area contributed by atoms with Gasteiger partial charge in [0.25, 0.3) is 0 Å². The number of carbonyl (C=O) groups is 1. The van der Waals surface area contributed by atoms with Gasteiger partial charge in [0.15, 0.2) is 0 Å². The van der Waals surface area contributed by atoms with E-state index >= 15 is 0 Å². The Hall–Kier alpha value is -2.70. The summed E-state index contributed by atoms with van der Waals surface area (Å²) in [5.41, 5.74) is 3.77. The van der Waals surface area contributed by atoms with E-state index in [1.165, 1.54) is 35.0 Å². The molecule has 1 saturated carbocycles. The third kappa shape index (κ3) is 6.30. The molecule has 0 saturated heterocycles. The maximum absolute atomic E-state index is 13.3. The molecule has 4 rings (SSSR count). The van der Waals surface area contributed by atoms with Crippen LogP contribution in [0.3, 0.4) is 0 Å². The summed E-state index contributed by atoms with van der Waals surface area (Å²) in [5.74, 6) is -0.0751. The quantitative estimate of drug-likeness (QED) is 0.368. The first-order valence-electron chi connectivity index (χ1n) is 11.2. The van der Waals surface area contributed by atoms with Crippen LogP contribution in [0.2, 0.25) is 0 Å². The van der Waals surface area contributed by atoms with Gasteiger partial charge in [0.05, 0.1) is 23.2 Å². The van der Waals surface area contributed by atoms with E-state index in [0.717, 1.165) is 5.56 Å². The number of anilines is 1. The van der Waals surface area contributed by atoms with Crippen LogP contribution in [0.15, 0.2) is 48.2 Å². The van der Waals surface area contributed by atoms with Crippen molar-refractivity contribution in [1.82, 2.24) is 9.97 Å². The number of rotatable bonds is 9. The Morgan fingerprint density at radius 3 is 2.86 bits per heavy atom. The van der Waals surface area contributed by atoms with Crippen molar-refractivity contribution in [3.8, 4) is 0 Å². The molecule has 2 heterocycles. The fourth-order valence-electron chi connectivity index (χ4n) is 4.35. The Labute approximate surface area is 208 Å². The fraction of sp³-hybridized carbons (Fsp3) is 0.375. The third-order valence-corrected chi connectivity index (χ3v) is 7.70. The minimum absolute atomic E-state index is 0.147. The van der Waals surface area contributed by atoms with Crippen molar-refractivity contribution in [3.63, 3.8) is 0 Å². The van der Waals surface area contributed by atoms with Gasteiger partial charge in [-0.15, -0.1) is 11.3 Å². The van der Waals surface area contributed by atoms with Crippen LogP contribution in [0.25, 0.3) is 0 Å². The topological polar surface area (TPSA) is 144 Å². The van der Waals surface area contributed by atoms with Gasteiger partial charge in [-0.2, -0.15) is 8.42 Å². The lowest BCUT2D eigenvalue weighted by molar-refractivity contribution is 0.101. The summed E-state index contributed by atoms with van der Waals surface area (Å²) in [5, 5.41) is 20.4. The van der Waals surface area contributed by atoms with E-state index in [9.17, 15) is 18.3 Å². The summed E-state index contributed by atoms with van der Waals surface area (Å²) in [6, 6.07) is 10.0. The highest BCUT2D eigenvalue weighted by atomic mass is 32.2. The van der Waals surface area contributed by atoms with Crippen LogP contribution in [0.5, 0.6) is 0 Å². The van der Waals surface area contributed by atoms with Crippen molar-refractivity contribution in [1.29, 1.82) is 0 Å². The van der Waals surface area contributed by atoms with Crippen LogP contribution in [-0.2, 0) is 14.5 Å². The molecule has 1 aliphatic rings.